The minimum Gasteiger partial charge on any atom is -0.303 e. The lowest BCUT2D eigenvalue weighted by Gasteiger charge is -2.28. The van der Waals surface area contributed by atoms with Gasteiger partial charge in [0.15, 0.2) is 0 Å². The highest BCUT2D eigenvalue weighted by atomic mass is 16.1. The van der Waals surface area contributed by atoms with Crippen LogP contribution in [0.15, 0.2) is 0 Å². The highest BCUT2D eigenvalue weighted by Crippen LogP contribution is 2.33. The van der Waals surface area contributed by atoms with E-state index >= 15 is 0 Å². The van der Waals surface area contributed by atoms with Crippen molar-refractivity contribution in [3.63, 3.8) is 0 Å². The molecule has 14 heavy (non-hydrogen) atoms. The molecule has 0 heterocycles. The topological polar surface area (TPSA) is 17.1 Å². The predicted octanol–water partition coefficient (Wildman–Crippen LogP) is 4.35. The Hall–Kier alpha value is -0.330. The molecule has 0 N–H and O–H groups in total. The molecule has 0 saturated heterocycles. The van der Waals surface area contributed by atoms with E-state index in [-0.39, 0.29) is 0 Å². The molecule has 1 heteroatoms. The van der Waals surface area contributed by atoms with Crippen LogP contribution in [-0.4, -0.2) is 6.29 Å². The van der Waals surface area contributed by atoms with E-state index in [0.29, 0.717) is 5.41 Å². The first-order valence-electron chi connectivity index (χ1n) is 6.12. The number of rotatable bonds is 9. The molecule has 1 unspecified atom stereocenters. The Morgan fingerprint density at radius 3 is 2.21 bits per heavy atom. The zero-order valence-electron chi connectivity index (χ0n) is 10.1. The van der Waals surface area contributed by atoms with Crippen molar-refractivity contribution in [2.24, 2.45) is 5.41 Å². The molecule has 0 bridgehead atoms. The van der Waals surface area contributed by atoms with Crippen LogP contribution in [0.25, 0.3) is 0 Å². The molecule has 0 aliphatic heterocycles. The number of hydrogen-bond donors (Lipinski definition) is 0. The average Bonchev–Trinajstić information content (AvgIpc) is 2.22. The molecule has 0 aromatic heterocycles. The number of unbranched alkanes of at least 4 members (excludes halogenated alkanes) is 3. The van der Waals surface area contributed by atoms with Crippen LogP contribution in [0.4, 0.5) is 0 Å². The van der Waals surface area contributed by atoms with Gasteiger partial charge in [0.05, 0.1) is 0 Å². The lowest BCUT2D eigenvalue weighted by molar-refractivity contribution is -0.107. The Balaban J connectivity index is 3.68. The third kappa shape index (κ3) is 6.17. The lowest BCUT2D eigenvalue weighted by Crippen LogP contribution is -2.14. The SMILES string of the molecule is CCCCC(C)(CC)CCCCC=O. The Bertz CT molecular complexity index is 142. The predicted molar refractivity (Wildman–Crippen MR) is 62.5 cm³/mol. The first-order valence-corrected chi connectivity index (χ1v) is 6.12. The van der Waals surface area contributed by atoms with Crippen molar-refractivity contribution in [3.8, 4) is 0 Å². The Morgan fingerprint density at radius 2 is 1.71 bits per heavy atom. The Morgan fingerprint density at radius 1 is 1.07 bits per heavy atom. The van der Waals surface area contributed by atoms with Gasteiger partial charge in [-0.05, 0) is 24.7 Å². The molecule has 1 nitrogen and oxygen atoms in total. The molecule has 0 radical (unpaired) electrons. The third-order valence-corrected chi connectivity index (χ3v) is 3.34. The van der Waals surface area contributed by atoms with Crippen LogP contribution in [0, 0.1) is 5.41 Å². The van der Waals surface area contributed by atoms with Crippen LogP contribution in [-0.2, 0) is 4.79 Å². The van der Waals surface area contributed by atoms with Crippen molar-refractivity contribution in [2.45, 2.75) is 72.1 Å². The van der Waals surface area contributed by atoms with E-state index in [2.05, 4.69) is 20.8 Å². The Kier molecular flexibility index (Phi) is 7.83. The van der Waals surface area contributed by atoms with E-state index in [4.69, 9.17) is 0 Å². The largest absolute Gasteiger partial charge is 0.303 e. The summed E-state index contributed by atoms with van der Waals surface area (Å²) in [5, 5.41) is 0. The average molecular weight is 198 g/mol. The third-order valence-electron chi connectivity index (χ3n) is 3.34. The van der Waals surface area contributed by atoms with Crippen LogP contribution in [0.2, 0.25) is 0 Å². The number of carbonyl (C=O) groups excluding carboxylic acids is 1. The van der Waals surface area contributed by atoms with Gasteiger partial charge in [0, 0.05) is 6.42 Å². The second-order valence-corrected chi connectivity index (χ2v) is 4.68. The normalized spacial score (nSPS) is 15.1. The molecule has 0 aromatic rings. The number of aldehydes is 1. The molecule has 0 aliphatic carbocycles. The summed E-state index contributed by atoms with van der Waals surface area (Å²) in [6, 6.07) is 0. The smallest absolute Gasteiger partial charge is 0.119 e. The van der Waals surface area contributed by atoms with Crippen LogP contribution < -0.4 is 0 Å². The molecule has 0 spiro atoms. The summed E-state index contributed by atoms with van der Waals surface area (Å²) in [5.41, 5.74) is 0.527. The van der Waals surface area contributed by atoms with Crippen molar-refractivity contribution < 1.29 is 4.79 Å². The van der Waals surface area contributed by atoms with E-state index in [9.17, 15) is 4.79 Å². The zero-order chi connectivity index (χ0) is 10.9. The van der Waals surface area contributed by atoms with E-state index in [1.165, 1.54) is 38.5 Å². The monoisotopic (exact) mass is 198 g/mol. The van der Waals surface area contributed by atoms with Gasteiger partial charge in [-0.1, -0.05) is 46.5 Å². The van der Waals surface area contributed by atoms with Gasteiger partial charge >= 0.3 is 0 Å². The summed E-state index contributed by atoms with van der Waals surface area (Å²) in [4.78, 5) is 10.2. The standard InChI is InChI=1S/C13H26O/c1-4-6-10-13(3,5-2)11-8-7-9-12-14/h12H,4-11H2,1-3H3. The number of hydrogen-bond acceptors (Lipinski definition) is 1. The van der Waals surface area contributed by atoms with E-state index in [0.717, 1.165) is 19.1 Å². The maximum absolute atomic E-state index is 10.2. The molecule has 0 fully saturated rings. The summed E-state index contributed by atoms with van der Waals surface area (Å²) in [7, 11) is 0. The second kappa shape index (κ2) is 8.02. The maximum atomic E-state index is 10.2. The minimum absolute atomic E-state index is 0.527. The first kappa shape index (κ1) is 13.7. The van der Waals surface area contributed by atoms with Crippen molar-refractivity contribution in [1.29, 1.82) is 0 Å². The van der Waals surface area contributed by atoms with E-state index in [1.54, 1.807) is 0 Å². The molecule has 1 atom stereocenters. The number of carbonyl (C=O) groups is 1. The van der Waals surface area contributed by atoms with Gasteiger partial charge < -0.3 is 4.79 Å². The molecular formula is C13H26O. The van der Waals surface area contributed by atoms with Crippen molar-refractivity contribution >= 4 is 6.29 Å². The van der Waals surface area contributed by atoms with Crippen LogP contribution >= 0.6 is 0 Å². The van der Waals surface area contributed by atoms with Gasteiger partial charge in [-0.3, -0.25) is 0 Å². The van der Waals surface area contributed by atoms with E-state index < -0.39 is 0 Å². The molecule has 0 amide bonds. The summed E-state index contributed by atoms with van der Waals surface area (Å²) in [6.07, 6.45) is 10.6. The molecule has 0 saturated carbocycles. The van der Waals surface area contributed by atoms with Crippen LogP contribution in [0.1, 0.15) is 72.1 Å². The molecule has 84 valence electrons. The quantitative estimate of drug-likeness (QED) is 0.397. The van der Waals surface area contributed by atoms with Crippen molar-refractivity contribution in [2.75, 3.05) is 0 Å². The highest BCUT2D eigenvalue weighted by molar-refractivity contribution is 5.48. The van der Waals surface area contributed by atoms with Gasteiger partial charge in [0.2, 0.25) is 0 Å². The fraction of sp³-hybridized carbons (Fsp3) is 0.923. The zero-order valence-corrected chi connectivity index (χ0v) is 10.1. The molecule has 0 aliphatic rings. The van der Waals surface area contributed by atoms with Gasteiger partial charge in [0.25, 0.3) is 0 Å². The van der Waals surface area contributed by atoms with Gasteiger partial charge in [-0.15, -0.1) is 0 Å². The molecule has 0 rings (SSSR count). The maximum Gasteiger partial charge on any atom is 0.119 e. The fourth-order valence-electron chi connectivity index (χ4n) is 1.86. The van der Waals surface area contributed by atoms with Gasteiger partial charge in [-0.2, -0.15) is 0 Å². The highest BCUT2D eigenvalue weighted by Gasteiger charge is 2.20. The lowest BCUT2D eigenvalue weighted by atomic mass is 9.78. The van der Waals surface area contributed by atoms with Gasteiger partial charge in [0.1, 0.15) is 6.29 Å². The minimum atomic E-state index is 0.527. The van der Waals surface area contributed by atoms with E-state index in [1.807, 2.05) is 0 Å². The Labute approximate surface area is 89.3 Å². The second-order valence-electron chi connectivity index (χ2n) is 4.68. The summed E-state index contributed by atoms with van der Waals surface area (Å²) < 4.78 is 0. The first-order chi connectivity index (χ1) is 6.68. The van der Waals surface area contributed by atoms with Gasteiger partial charge in [-0.25, -0.2) is 0 Å². The summed E-state index contributed by atoms with van der Waals surface area (Å²) >= 11 is 0. The van der Waals surface area contributed by atoms with Crippen LogP contribution in [0.3, 0.4) is 0 Å². The summed E-state index contributed by atoms with van der Waals surface area (Å²) in [6.45, 7) is 6.93. The van der Waals surface area contributed by atoms with Crippen molar-refractivity contribution in [1.82, 2.24) is 0 Å². The fourth-order valence-corrected chi connectivity index (χ4v) is 1.86. The van der Waals surface area contributed by atoms with Crippen molar-refractivity contribution in [3.05, 3.63) is 0 Å². The molecular weight excluding hydrogens is 172 g/mol. The summed E-state index contributed by atoms with van der Waals surface area (Å²) in [5.74, 6) is 0. The molecule has 0 aromatic carbocycles. The van der Waals surface area contributed by atoms with Crippen LogP contribution in [0.5, 0.6) is 0 Å².